The summed E-state index contributed by atoms with van der Waals surface area (Å²) in [4.78, 5) is 4.17. The smallest absolute Gasteiger partial charge is 0.188 e. The molecular formula is C16H23N3O2. The van der Waals surface area contributed by atoms with Gasteiger partial charge in [0, 0.05) is 5.41 Å². The van der Waals surface area contributed by atoms with Crippen molar-refractivity contribution in [2.75, 3.05) is 0 Å². The fourth-order valence-corrected chi connectivity index (χ4v) is 4.13. The maximum Gasteiger partial charge on any atom is 0.188 e. The number of fused-ring (bicyclic) bond motifs is 2. The maximum absolute atomic E-state index is 8.64. The Bertz CT molecular complexity index is 567. The van der Waals surface area contributed by atoms with Gasteiger partial charge in [0.15, 0.2) is 5.84 Å². The van der Waals surface area contributed by atoms with Crippen LogP contribution in [0.5, 0.6) is 5.75 Å². The molecule has 114 valence electrons. The van der Waals surface area contributed by atoms with E-state index in [1.165, 1.54) is 12.8 Å². The third kappa shape index (κ3) is 1.98. The van der Waals surface area contributed by atoms with E-state index in [9.17, 15) is 0 Å². The SMILES string of the molecule is CC1(C)C2CCC1(C)C(Oc1ccc(/C(N)=N/O)nc1)C2. The van der Waals surface area contributed by atoms with Crippen molar-refractivity contribution in [3.63, 3.8) is 0 Å². The number of pyridine rings is 1. The molecule has 2 aliphatic carbocycles. The van der Waals surface area contributed by atoms with Crippen LogP contribution in [0.1, 0.15) is 45.7 Å². The predicted octanol–water partition coefficient (Wildman–Crippen LogP) is 2.77. The Morgan fingerprint density at radius 1 is 1.43 bits per heavy atom. The summed E-state index contributed by atoms with van der Waals surface area (Å²) in [6.07, 6.45) is 5.54. The van der Waals surface area contributed by atoms with E-state index in [0.717, 1.165) is 18.1 Å². The maximum atomic E-state index is 8.64. The lowest BCUT2D eigenvalue weighted by molar-refractivity contribution is 0.0299. The highest BCUT2D eigenvalue weighted by Gasteiger charge is 2.62. The molecule has 1 aromatic rings. The summed E-state index contributed by atoms with van der Waals surface area (Å²) in [5.41, 5.74) is 6.52. The van der Waals surface area contributed by atoms with Crippen LogP contribution in [-0.2, 0) is 0 Å². The van der Waals surface area contributed by atoms with Gasteiger partial charge in [-0.1, -0.05) is 25.9 Å². The largest absolute Gasteiger partial charge is 0.488 e. The van der Waals surface area contributed by atoms with Gasteiger partial charge >= 0.3 is 0 Å². The molecule has 2 saturated carbocycles. The molecule has 1 aromatic heterocycles. The van der Waals surface area contributed by atoms with Crippen molar-refractivity contribution in [1.29, 1.82) is 0 Å². The fraction of sp³-hybridized carbons (Fsp3) is 0.625. The topological polar surface area (TPSA) is 80.7 Å². The van der Waals surface area contributed by atoms with E-state index in [1.807, 2.05) is 6.07 Å². The molecule has 0 saturated heterocycles. The molecule has 2 fully saturated rings. The van der Waals surface area contributed by atoms with Crippen LogP contribution in [0.4, 0.5) is 0 Å². The summed E-state index contributed by atoms with van der Waals surface area (Å²) >= 11 is 0. The molecule has 0 aliphatic heterocycles. The van der Waals surface area contributed by atoms with Gasteiger partial charge in [0.1, 0.15) is 17.5 Å². The van der Waals surface area contributed by atoms with Crippen LogP contribution in [0.3, 0.4) is 0 Å². The first-order chi connectivity index (χ1) is 9.88. The minimum Gasteiger partial charge on any atom is -0.488 e. The summed E-state index contributed by atoms with van der Waals surface area (Å²) in [7, 11) is 0. The highest BCUT2D eigenvalue weighted by Crippen LogP contribution is 2.66. The second-order valence-corrected chi connectivity index (χ2v) is 7.08. The van der Waals surface area contributed by atoms with Gasteiger partial charge in [-0.2, -0.15) is 0 Å². The van der Waals surface area contributed by atoms with Gasteiger partial charge in [0.2, 0.25) is 0 Å². The quantitative estimate of drug-likeness (QED) is 0.388. The van der Waals surface area contributed by atoms with Crippen molar-refractivity contribution < 1.29 is 9.94 Å². The van der Waals surface area contributed by atoms with Crippen LogP contribution in [-0.4, -0.2) is 22.1 Å². The molecule has 3 unspecified atom stereocenters. The lowest BCUT2D eigenvalue weighted by Gasteiger charge is -2.38. The van der Waals surface area contributed by atoms with Gasteiger partial charge in [-0.05, 0) is 42.7 Å². The lowest BCUT2D eigenvalue weighted by Crippen LogP contribution is -2.38. The van der Waals surface area contributed by atoms with E-state index in [-0.39, 0.29) is 17.4 Å². The monoisotopic (exact) mass is 289 g/mol. The van der Waals surface area contributed by atoms with E-state index in [1.54, 1.807) is 12.3 Å². The van der Waals surface area contributed by atoms with Crippen LogP contribution in [0, 0.1) is 16.7 Å². The second-order valence-electron chi connectivity index (χ2n) is 7.08. The van der Waals surface area contributed by atoms with Crippen molar-refractivity contribution in [3.05, 3.63) is 24.0 Å². The molecule has 3 rings (SSSR count). The van der Waals surface area contributed by atoms with Crippen molar-refractivity contribution in [1.82, 2.24) is 4.98 Å². The first-order valence-corrected chi connectivity index (χ1v) is 7.49. The van der Waals surface area contributed by atoms with Gasteiger partial charge in [0.25, 0.3) is 0 Å². The summed E-state index contributed by atoms with van der Waals surface area (Å²) in [5.74, 6) is 1.51. The zero-order valence-corrected chi connectivity index (χ0v) is 12.8. The Labute approximate surface area is 125 Å². The Morgan fingerprint density at radius 2 is 2.19 bits per heavy atom. The molecule has 2 bridgehead atoms. The zero-order chi connectivity index (χ0) is 15.3. The van der Waals surface area contributed by atoms with E-state index in [2.05, 4.69) is 30.9 Å². The molecule has 5 nitrogen and oxygen atoms in total. The third-order valence-corrected chi connectivity index (χ3v) is 6.10. The van der Waals surface area contributed by atoms with E-state index in [4.69, 9.17) is 15.7 Å². The van der Waals surface area contributed by atoms with Crippen molar-refractivity contribution in [2.45, 2.75) is 46.1 Å². The molecule has 0 aromatic carbocycles. The summed E-state index contributed by atoms with van der Waals surface area (Å²) in [6, 6.07) is 3.55. The summed E-state index contributed by atoms with van der Waals surface area (Å²) in [6.45, 7) is 7.09. The van der Waals surface area contributed by atoms with Gasteiger partial charge in [0.05, 0.1) is 6.20 Å². The molecule has 0 radical (unpaired) electrons. The Kier molecular flexibility index (Phi) is 3.11. The molecule has 3 atom stereocenters. The van der Waals surface area contributed by atoms with Crippen molar-refractivity contribution in [3.8, 4) is 5.75 Å². The van der Waals surface area contributed by atoms with Gasteiger partial charge in [-0.25, -0.2) is 4.98 Å². The van der Waals surface area contributed by atoms with Crippen LogP contribution in [0.15, 0.2) is 23.5 Å². The molecule has 2 aliphatic rings. The fourth-order valence-electron chi connectivity index (χ4n) is 4.13. The number of ether oxygens (including phenoxy) is 1. The first-order valence-electron chi connectivity index (χ1n) is 7.49. The predicted molar refractivity (Wildman–Crippen MR) is 80.4 cm³/mol. The number of nitrogens with two attached hydrogens (primary N) is 1. The van der Waals surface area contributed by atoms with Crippen LogP contribution >= 0.6 is 0 Å². The van der Waals surface area contributed by atoms with Crippen LogP contribution in [0.25, 0.3) is 0 Å². The van der Waals surface area contributed by atoms with E-state index >= 15 is 0 Å². The Morgan fingerprint density at radius 3 is 2.67 bits per heavy atom. The van der Waals surface area contributed by atoms with Crippen molar-refractivity contribution >= 4 is 5.84 Å². The lowest BCUT2D eigenvalue weighted by atomic mass is 9.70. The molecule has 5 heteroatoms. The highest BCUT2D eigenvalue weighted by molar-refractivity contribution is 5.95. The summed E-state index contributed by atoms with van der Waals surface area (Å²) < 4.78 is 6.21. The second kappa shape index (κ2) is 4.61. The number of amidine groups is 1. The number of rotatable bonds is 3. The van der Waals surface area contributed by atoms with E-state index < -0.39 is 0 Å². The third-order valence-electron chi connectivity index (χ3n) is 6.10. The van der Waals surface area contributed by atoms with Crippen molar-refractivity contribution in [2.24, 2.45) is 27.6 Å². The average molecular weight is 289 g/mol. The Balaban J connectivity index is 1.77. The molecule has 3 N–H and O–H groups in total. The van der Waals surface area contributed by atoms with Gasteiger partial charge in [-0.3, -0.25) is 0 Å². The van der Waals surface area contributed by atoms with Crippen LogP contribution < -0.4 is 10.5 Å². The van der Waals surface area contributed by atoms with Gasteiger partial charge in [-0.15, -0.1) is 0 Å². The standard InChI is InChI=1S/C16H23N3O2/c1-15(2)10-6-7-16(15,3)13(8-10)21-11-4-5-12(18-9-11)14(17)19-20/h4-5,9-10,13,20H,6-8H2,1-3H3,(H2,17,19). The zero-order valence-electron chi connectivity index (χ0n) is 12.8. The normalized spacial score (nSPS) is 34.1. The van der Waals surface area contributed by atoms with Crippen LogP contribution in [0.2, 0.25) is 0 Å². The minimum atomic E-state index is 0.00886. The summed E-state index contributed by atoms with van der Waals surface area (Å²) in [5, 5.41) is 11.6. The highest BCUT2D eigenvalue weighted by atomic mass is 16.5. The number of hydrogen-bond acceptors (Lipinski definition) is 4. The number of oxime groups is 1. The minimum absolute atomic E-state index is 0.00886. The molecule has 21 heavy (non-hydrogen) atoms. The average Bonchev–Trinajstić information content (AvgIpc) is 2.80. The number of nitrogens with zero attached hydrogens (tertiary/aromatic N) is 2. The molecule has 1 heterocycles. The van der Waals surface area contributed by atoms with Gasteiger partial charge < -0.3 is 15.7 Å². The number of hydrogen-bond donors (Lipinski definition) is 2. The first kappa shape index (κ1) is 14.2. The molecule has 0 spiro atoms. The van der Waals surface area contributed by atoms with E-state index in [0.29, 0.717) is 11.1 Å². The molecule has 0 amide bonds. The molecular weight excluding hydrogens is 266 g/mol. The Hall–Kier alpha value is -1.78. The number of aromatic nitrogens is 1.